The van der Waals surface area contributed by atoms with E-state index < -0.39 is 0 Å². The number of hydrogen-bond donors (Lipinski definition) is 1. The van der Waals surface area contributed by atoms with E-state index in [1.54, 1.807) is 0 Å². The summed E-state index contributed by atoms with van der Waals surface area (Å²) in [5, 5.41) is 2.49. The Morgan fingerprint density at radius 1 is 0.808 bits per heavy atom. The third-order valence-corrected chi connectivity index (χ3v) is 6.01. The van der Waals surface area contributed by atoms with E-state index >= 15 is 0 Å². The van der Waals surface area contributed by atoms with E-state index in [2.05, 4.69) is 89.8 Å². The smallest absolute Gasteiger partial charge is 0.399 e. The quantitative estimate of drug-likeness (QED) is 0.633. The van der Waals surface area contributed by atoms with Crippen LogP contribution in [0.1, 0.15) is 54.0 Å². The zero-order chi connectivity index (χ0) is 18.9. The molecule has 26 heavy (non-hydrogen) atoms. The van der Waals surface area contributed by atoms with Crippen molar-refractivity contribution in [1.29, 1.82) is 0 Å². The Bertz CT molecular complexity index is 978. The van der Waals surface area contributed by atoms with Gasteiger partial charge in [-0.15, -0.1) is 0 Å². The molecule has 1 aliphatic heterocycles. The molecule has 0 unspecified atom stereocenters. The number of aromatic nitrogens is 1. The number of hydrogen-bond acceptors (Lipinski definition) is 2. The van der Waals surface area contributed by atoms with Crippen LogP contribution in [0.2, 0.25) is 0 Å². The van der Waals surface area contributed by atoms with Crippen molar-refractivity contribution < 1.29 is 9.31 Å². The molecule has 1 saturated heterocycles. The average Bonchev–Trinajstić information content (AvgIpc) is 2.99. The average molecular weight is 349 g/mol. The normalized spacial score (nSPS) is 19.6. The van der Waals surface area contributed by atoms with Gasteiger partial charge in [-0.1, -0.05) is 45.0 Å². The van der Waals surface area contributed by atoms with Gasteiger partial charge in [-0.05, 0) is 56.3 Å². The maximum Gasteiger partial charge on any atom is 0.494 e. The Hall–Kier alpha value is -1.78. The highest BCUT2D eigenvalue weighted by Gasteiger charge is 2.51. The number of nitrogens with one attached hydrogen (secondary N) is 1. The molecule has 1 aromatic heterocycles. The van der Waals surface area contributed by atoms with Crippen LogP contribution in [0.15, 0.2) is 36.4 Å². The maximum atomic E-state index is 6.20. The van der Waals surface area contributed by atoms with Crippen molar-refractivity contribution in [3.05, 3.63) is 42.0 Å². The molecule has 0 spiro atoms. The van der Waals surface area contributed by atoms with E-state index in [4.69, 9.17) is 9.31 Å². The van der Waals surface area contributed by atoms with Crippen molar-refractivity contribution in [3.8, 4) is 0 Å². The fraction of sp³-hybridized carbons (Fsp3) is 0.455. The topological polar surface area (TPSA) is 34.2 Å². The van der Waals surface area contributed by atoms with Crippen molar-refractivity contribution >= 4 is 34.4 Å². The molecular formula is C22H28BNO2. The zero-order valence-corrected chi connectivity index (χ0v) is 16.9. The van der Waals surface area contributed by atoms with Gasteiger partial charge in [0.25, 0.3) is 0 Å². The highest BCUT2D eigenvalue weighted by atomic mass is 16.7. The molecule has 1 aliphatic rings. The fourth-order valence-corrected chi connectivity index (χ4v) is 3.52. The van der Waals surface area contributed by atoms with Crippen LogP contribution in [0.25, 0.3) is 21.8 Å². The SMILES string of the molecule is CC(C)(C)c1ccc2c(c1)[nH]c1cc(B3OC(C)(C)C(C)(C)O3)ccc12. The number of H-pyrrole nitrogens is 1. The first kappa shape index (κ1) is 17.6. The molecule has 2 heterocycles. The third kappa shape index (κ3) is 2.67. The molecule has 2 aromatic carbocycles. The summed E-state index contributed by atoms with van der Waals surface area (Å²) in [6.07, 6.45) is 0. The molecule has 3 nitrogen and oxygen atoms in total. The van der Waals surface area contributed by atoms with Gasteiger partial charge >= 0.3 is 7.12 Å². The van der Waals surface area contributed by atoms with E-state index in [0.29, 0.717) is 0 Å². The van der Waals surface area contributed by atoms with Gasteiger partial charge in [-0.3, -0.25) is 0 Å². The van der Waals surface area contributed by atoms with Crippen LogP contribution >= 0.6 is 0 Å². The second kappa shape index (κ2) is 5.37. The van der Waals surface area contributed by atoms with Crippen molar-refractivity contribution in [3.63, 3.8) is 0 Å². The van der Waals surface area contributed by atoms with Gasteiger partial charge in [0.15, 0.2) is 0 Å². The predicted molar refractivity (Wildman–Crippen MR) is 110 cm³/mol. The lowest BCUT2D eigenvalue weighted by Crippen LogP contribution is -2.41. The molecule has 0 bridgehead atoms. The van der Waals surface area contributed by atoms with Crippen LogP contribution in [-0.2, 0) is 14.7 Å². The molecule has 4 rings (SSSR count). The van der Waals surface area contributed by atoms with Crippen molar-refractivity contribution in [1.82, 2.24) is 4.98 Å². The molecule has 1 fully saturated rings. The summed E-state index contributed by atoms with van der Waals surface area (Å²) in [7, 11) is -0.332. The summed E-state index contributed by atoms with van der Waals surface area (Å²) in [5.41, 5.74) is 4.18. The van der Waals surface area contributed by atoms with Gasteiger partial charge in [0.2, 0.25) is 0 Å². The van der Waals surface area contributed by atoms with Crippen molar-refractivity contribution in [2.24, 2.45) is 0 Å². The van der Waals surface area contributed by atoms with Crippen LogP contribution in [0, 0.1) is 0 Å². The first-order valence-electron chi connectivity index (χ1n) is 9.39. The Balaban J connectivity index is 1.77. The van der Waals surface area contributed by atoms with Gasteiger partial charge in [0.05, 0.1) is 11.2 Å². The summed E-state index contributed by atoms with van der Waals surface area (Å²) in [6.45, 7) is 15.1. The largest absolute Gasteiger partial charge is 0.494 e. The van der Waals surface area contributed by atoms with Gasteiger partial charge < -0.3 is 14.3 Å². The molecule has 0 radical (unpaired) electrons. The predicted octanol–water partition coefficient (Wildman–Crippen LogP) is 4.92. The highest BCUT2D eigenvalue weighted by molar-refractivity contribution is 6.62. The second-order valence-electron chi connectivity index (χ2n) is 9.53. The number of rotatable bonds is 1. The third-order valence-electron chi connectivity index (χ3n) is 6.01. The highest BCUT2D eigenvalue weighted by Crippen LogP contribution is 2.37. The van der Waals surface area contributed by atoms with Crippen LogP contribution in [0.3, 0.4) is 0 Å². The Kier molecular flexibility index (Phi) is 3.64. The summed E-state index contributed by atoms with van der Waals surface area (Å²) < 4.78 is 12.4. The molecule has 0 saturated carbocycles. The van der Waals surface area contributed by atoms with E-state index in [9.17, 15) is 0 Å². The molecular weight excluding hydrogens is 321 g/mol. The van der Waals surface area contributed by atoms with E-state index in [1.165, 1.54) is 21.9 Å². The van der Waals surface area contributed by atoms with Crippen LogP contribution in [0.5, 0.6) is 0 Å². The number of aromatic amines is 1. The second-order valence-corrected chi connectivity index (χ2v) is 9.53. The lowest BCUT2D eigenvalue weighted by Gasteiger charge is -2.32. The Morgan fingerprint density at radius 3 is 1.92 bits per heavy atom. The first-order valence-corrected chi connectivity index (χ1v) is 9.39. The molecule has 0 atom stereocenters. The van der Waals surface area contributed by atoms with Crippen LogP contribution in [0.4, 0.5) is 0 Å². The standard InChI is InChI=1S/C22H28BNO2/c1-20(2,3)14-8-10-16-17-11-9-15(13-19(17)24-18(16)12-14)23-25-21(4,5)22(6,7)26-23/h8-13,24H,1-7H3. The van der Waals surface area contributed by atoms with Gasteiger partial charge in [-0.25, -0.2) is 0 Å². The number of benzene rings is 2. The molecule has 3 aromatic rings. The molecule has 136 valence electrons. The minimum atomic E-state index is -0.332. The lowest BCUT2D eigenvalue weighted by molar-refractivity contribution is 0.00578. The van der Waals surface area contributed by atoms with Gasteiger partial charge in [0.1, 0.15) is 0 Å². The van der Waals surface area contributed by atoms with Crippen molar-refractivity contribution in [2.45, 2.75) is 65.1 Å². The summed E-state index contributed by atoms with van der Waals surface area (Å²) in [5.74, 6) is 0. The summed E-state index contributed by atoms with van der Waals surface area (Å²) in [4.78, 5) is 3.58. The maximum absolute atomic E-state index is 6.20. The van der Waals surface area contributed by atoms with Crippen molar-refractivity contribution in [2.75, 3.05) is 0 Å². The summed E-state index contributed by atoms with van der Waals surface area (Å²) >= 11 is 0. The van der Waals surface area contributed by atoms with Crippen LogP contribution < -0.4 is 5.46 Å². The summed E-state index contributed by atoms with van der Waals surface area (Å²) in [6, 6.07) is 13.2. The van der Waals surface area contributed by atoms with E-state index in [-0.39, 0.29) is 23.7 Å². The Labute approximate surface area is 156 Å². The van der Waals surface area contributed by atoms with E-state index in [1.807, 2.05) is 0 Å². The minimum Gasteiger partial charge on any atom is -0.399 e. The molecule has 1 N–H and O–H groups in total. The minimum absolute atomic E-state index is 0.138. The van der Waals surface area contributed by atoms with Crippen LogP contribution in [-0.4, -0.2) is 23.3 Å². The monoisotopic (exact) mass is 349 g/mol. The molecule has 0 amide bonds. The fourth-order valence-electron chi connectivity index (χ4n) is 3.52. The molecule has 0 aliphatic carbocycles. The molecule has 4 heteroatoms. The van der Waals surface area contributed by atoms with Gasteiger partial charge in [-0.2, -0.15) is 0 Å². The number of fused-ring (bicyclic) bond motifs is 3. The Morgan fingerprint density at radius 2 is 1.35 bits per heavy atom. The van der Waals surface area contributed by atoms with E-state index in [0.717, 1.165) is 11.0 Å². The van der Waals surface area contributed by atoms with Gasteiger partial charge in [0, 0.05) is 21.8 Å². The first-order chi connectivity index (χ1) is 12.0. The zero-order valence-electron chi connectivity index (χ0n) is 16.9. The lowest BCUT2D eigenvalue weighted by atomic mass is 9.79.